The van der Waals surface area contributed by atoms with Crippen molar-refractivity contribution in [2.75, 3.05) is 19.9 Å². The molecule has 0 spiro atoms. The first-order chi connectivity index (χ1) is 23.1. The average molecular weight is 640 g/mol. The normalized spacial score (nSPS) is 14.1. The molecule has 6 rings (SSSR count). The van der Waals surface area contributed by atoms with Crippen LogP contribution in [0.15, 0.2) is 145 Å². The van der Waals surface area contributed by atoms with Crippen molar-refractivity contribution >= 4 is 23.2 Å². The van der Waals surface area contributed by atoms with Crippen molar-refractivity contribution in [3.63, 3.8) is 0 Å². The first-order valence-corrected chi connectivity index (χ1v) is 18.1. The summed E-state index contributed by atoms with van der Waals surface area (Å²) in [6.45, 7) is 0.614. The second kappa shape index (κ2) is 15.0. The second-order valence-corrected chi connectivity index (χ2v) is 15.3. The molecule has 0 saturated heterocycles. The Hall–Kier alpha value is -5.04. The molecule has 2 N–H and O–H groups in total. The smallest absolute Gasteiger partial charge is 0.205 e. The molecule has 0 radical (unpaired) electrons. The van der Waals surface area contributed by atoms with E-state index in [1.165, 1.54) is 15.9 Å². The van der Waals surface area contributed by atoms with Crippen LogP contribution in [0.5, 0.6) is 17.2 Å². The predicted molar refractivity (Wildman–Crippen MR) is 193 cm³/mol. The van der Waals surface area contributed by atoms with Gasteiger partial charge in [0.1, 0.15) is 52.1 Å². The van der Waals surface area contributed by atoms with E-state index in [9.17, 15) is 5.26 Å². The van der Waals surface area contributed by atoms with Crippen LogP contribution in [0.4, 0.5) is 0 Å². The number of fused-ring (bicyclic) bond motifs is 1. The third kappa shape index (κ3) is 6.89. The van der Waals surface area contributed by atoms with Crippen molar-refractivity contribution in [3.05, 3.63) is 156 Å². The van der Waals surface area contributed by atoms with E-state index in [1.54, 1.807) is 7.11 Å². The van der Waals surface area contributed by atoms with Crippen LogP contribution < -0.4 is 35.9 Å². The number of methoxy groups -OCH3 is 1. The summed E-state index contributed by atoms with van der Waals surface area (Å²) < 4.78 is 17.5. The Morgan fingerprint density at radius 3 is 1.91 bits per heavy atom. The van der Waals surface area contributed by atoms with Crippen LogP contribution >= 0.6 is 7.26 Å². The van der Waals surface area contributed by atoms with E-state index >= 15 is 0 Å². The number of nitrogens with two attached hydrogens (primary N) is 1. The van der Waals surface area contributed by atoms with E-state index < -0.39 is 7.26 Å². The highest BCUT2D eigenvalue weighted by atomic mass is 31.2. The fraction of sp³-hybridized carbons (Fsp3) is 0.195. The van der Waals surface area contributed by atoms with E-state index in [2.05, 4.69) is 97.1 Å². The van der Waals surface area contributed by atoms with Crippen molar-refractivity contribution in [2.24, 2.45) is 5.73 Å². The van der Waals surface area contributed by atoms with Gasteiger partial charge in [-0.1, -0.05) is 72.8 Å². The molecule has 1 heterocycles. The van der Waals surface area contributed by atoms with Crippen molar-refractivity contribution in [2.45, 2.75) is 31.6 Å². The topological polar surface area (TPSA) is 77.5 Å². The highest BCUT2D eigenvalue weighted by Gasteiger charge is 2.44. The van der Waals surface area contributed by atoms with Crippen LogP contribution in [0, 0.1) is 11.3 Å². The van der Waals surface area contributed by atoms with Crippen molar-refractivity contribution in [1.29, 1.82) is 5.26 Å². The lowest BCUT2D eigenvalue weighted by atomic mass is 9.83. The number of unbranched alkanes of at least 4 members (excludes halogenated alkanes) is 3. The van der Waals surface area contributed by atoms with Crippen LogP contribution in [0.2, 0.25) is 0 Å². The van der Waals surface area contributed by atoms with Gasteiger partial charge >= 0.3 is 0 Å². The van der Waals surface area contributed by atoms with E-state index in [0.29, 0.717) is 17.9 Å². The molecular formula is C41H40N2O3P+. The standard InChI is InChI=1S/C41H40N2O3P/c1-44-32-17-15-16-31(28-32)40-37-25-24-33(29-39(37)46-41(43)38(40)30-42)45-26-13-2-3-14-27-47(34-18-7-4-8-19-34,35-20-9-5-10-21-35)36-22-11-6-12-23-36/h4-12,15-25,28-29,40H,2-3,13-14,26-27,43H2,1H3/q+1. The lowest BCUT2D eigenvalue weighted by molar-refractivity contribution is 0.302. The van der Waals surface area contributed by atoms with Gasteiger partial charge in [0.05, 0.1) is 25.8 Å². The van der Waals surface area contributed by atoms with E-state index in [1.807, 2.05) is 42.5 Å². The van der Waals surface area contributed by atoms with Gasteiger partial charge in [0.25, 0.3) is 0 Å². The van der Waals surface area contributed by atoms with Crippen LogP contribution in [0.3, 0.4) is 0 Å². The maximum absolute atomic E-state index is 9.90. The van der Waals surface area contributed by atoms with Crippen molar-refractivity contribution in [1.82, 2.24) is 0 Å². The lowest BCUT2D eigenvalue weighted by Gasteiger charge is -2.27. The molecule has 6 heteroatoms. The molecule has 5 nitrogen and oxygen atoms in total. The van der Waals surface area contributed by atoms with Gasteiger partial charge in [-0.3, -0.25) is 0 Å². The van der Waals surface area contributed by atoms with Gasteiger partial charge in [-0.15, -0.1) is 0 Å². The quantitative estimate of drug-likeness (QED) is 0.105. The van der Waals surface area contributed by atoms with Crippen LogP contribution in [-0.4, -0.2) is 19.9 Å². The number of ether oxygens (including phenoxy) is 3. The van der Waals surface area contributed by atoms with E-state index in [4.69, 9.17) is 19.9 Å². The first-order valence-electron chi connectivity index (χ1n) is 16.2. The number of nitriles is 1. The zero-order chi connectivity index (χ0) is 32.5. The molecule has 236 valence electrons. The minimum absolute atomic E-state index is 0.116. The van der Waals surface area contributed by atoms with Crippen LogP contribution in [-0.2, 0) is 0 Å². The summed E-state index contributed by atoms with van der Waals surface area (Å²) in [6, 6.07) is 49.0. The molecule has 0 amide bonds. The molecule has 5 aromatic rings. The molecule has 1 aliphatic rings. The lowest BCUT2D eigenvalue weighted by Crippen LogP contribution is -2.33. The molecule has 1 unspecified atom stereocenters. The molecule has 5 aromatic carbocycles. The third-order valence-corrected chi connectivity index (χ3v) is 13.4. The van der Waals surface area contributed by atoms with Crippen molar-refractivity contribution < 1.29 is 14.2 Å². The fourth-order valence-electron chi connectivity index (χ4n) is 6.57. The Morgan fingerprint density at radius 2 is 1.32 bits per heavy atom. The summed E-state index contributed by atoms with van der Waals surface area (Å²) in [5.41, 5.74) is 8.41. The monoisotopic (exact) mass is 639 g/mol. The molecular weight excluding hydrogens is 599 g/mol. The number of nitrogens with zero attached hydrogens (tertiary/aromatic N) is 1. The Bertz CT molecular complexity index is 1760. The SMILES string of the molecule is COc1cccc(C2C(C#N)=C(N)Oc3cc(OCCCCCC[P+](c4ccccc4)(c4ccccc4)c4ccccc4)ccc32)c1. The summed E-state index contributed by atoms with van der Waals surface area (Å²) >= 11 is 0. The number of allylic oxidation sites excluding steroid dienone is 1. The van der Waals surface area contributed by atoms with Crippen molar-refractivity contribution in [3.8, 4) is 23.3 Å². The van der Waals surface area contributed by atoms with Gasteiger partial charge in [0.15, 0.2) is 0 Å². The summed E-state index contributed by atoms with van der Waals surface area (Å²) in [6.07, 6.45) is 5.43. The van der Waals surface area contributed by atoms with Gasteiger partial charge < -0.3 is 19.9 Å². The number of benzene rings is 5. The van der Waals surface area contributed by atoms with E-state index in [-0.39, 0.29) is 11.8 Å². The summed E-state index contributed by atoms with van der Waals surface area (Å²) in [7, 11) is -0.169. The predicted octanol–water partition coefficient (Wildman–Crippen LogP) is 7.85. The maximum atomic E-state index is 9.90. The third-order valence-electron chi connectivity index (χ3n) is 8.87. The number of hydrogen-bond donors (Lipinski definition) is 1. The summed E-state index contributed by atoms with van der Waals surface area (Å²) in [5, 5.41) is 14.2. The van der Waals surface area contributed by atoms with Crippen LogP contribution in [0.1, 0.15) is 42.7 Å². The largest absolute Gasteiger partial charge is 0.497 e. The average Bonchev–Trinajstić information content (AvgIpc) is 3.13. The first kappa shape index (κ1) is 31.9. The Balaban J connectivity index is 1.10. The second-order valence-electron chi connectivity index (χ2n) is 11.7. The molecule has 0 aliphatic carbocycles. The maximum Gasteiger partial charge on any atom is 0.205 e. The minimum Gasteiger partial charge on any atom is -0.497 e. The highest BCUT2D eigenvalue weighted by Crippen LogP contribution is 2.56. The Morgan fingerprint density at radius 1 is 0.702 bits per heavy atom. The van der Waals surface area contributed by atoms with Gasteiger partial charge in [0, 0.05) is 11.6 Å². The number of hydrogen-bond acceptors (Lipinski definition) is 5. The molecule has 1 aliphatic heterocycles. The highest BCUT2D eigenvalue weighted by molar-refractivity contribution is 7.95. The minimum atomic E-state index is -1.80. The number of rotatable bonds is 13. The van der Waals surface area contributed by atoms with Gasteiger partial charge in [-0.25, -0.2) is 0 Å². The van der Waals surface area contributed by atoms with E-state index in [0.717, 1.165) is 54.5 Å². The zero-order valence-corrected chi connectivity index (χ0v) is 27.6. The molecule has 0 aromatic heterocycles. The fourth-order valence-corrected chi connectivity index (χ4v) is 11.0. The molecule has 0 bridgehead atoms. The molecule has 1 atom stereocenters. The van der Waals surface area contributed by atoms with Gasteiger partial charge in [-0.2, -0.15) is 5.26 Å². The molecule has 0 fully saturated rings. The summed E-state index contributed by atoms with van der Waals surface area (Å²) in [5.74, 6) is 1.83. The van der Waals surface area contributed by atoms with Crippen LogP contribution in [0.25, 0.3) is 0 Å². The van der Waals surface area contributed by atoms with Gasteiger partial charge in [0.2, 0.25) is 5.88 Å². The summed E-state index contributed by atoms with van der Waals surface area (Å²) in [4.78, 5) is 0. The molecule has 0 saturated carbocycles. The molecule has 47 heavy (non-hydrogen) atoms. The Kier molecular flexibility index (Phi) is 10.2. The zero-order valence-electron chi connectivity index (χ0n) is 26.7. The Labute approximate surface area is 278 Å². The van der Waals surface area contributed by atoms with Gasteiger partial charge in [-0.05, 0) is 85.8 Å².